The predicted molar refractivity (Wildman–Crippen MR) is 98.2 cm³/mol. The van der Waals surface area contributed by atoms with Gasteiger partial charge in [0.2, 0.25) is 5.91 Å². The second-order valence-corrected chi connectivity index (χ2v) is 8.51. The van der Waals surface area contributed by atoms with Crippen molar-refractivity contribution in [3.63, 3.8) is 0 Å². The van der Waals surface area contributed by atoms with Crippen molar-refractivity contribution in [1.29, 1.82) is 0 Å². The van der Waals surface area contributed by atoms with Crippen LogP contribution in [0, 0.1) is 11.8 Å². The van der Waals surface area contributed by atoms with Crippen molar-refractivity contribution in [3.05, 3.63) is 34.9 Å². The van der Waals surface area contributed by atoms with Crippen molar-refractivity contribution >= 4 is 17.5 Å². The highest BCUT2D eigenvalue weighted by molar-refractivity contribution is 6.30. The summed E-state index contributed by atoms with van der Waals surface area (Å²) in [6.45, 7) is 7.98. The van der Waals surface area contributed by atoms with Crippen LogP contribution >= 0.6 is 11.6 Å². The molecular formula is C20H27ClN2O2. The molecule has 5 heteroatoms. The molecule has 3 aliphatic heterocycles. The summed E-state index contributed by atoms with van der Waals surface area (Å²) in [7, 11) is 0. The lowest BCUT2D eigenvalue weighted by atomic mass is 9.79. The Bertz CT molecular complexity index is 648. The lowest BCUT2D eigenvalue weighted by Crippen LogP contribution is -2.65. The van der Waals surface area contributed by atoms with Crippen LogP contribution in [-0.2, 0) is 16.1 Å². The normalized spacial score (nSPS) is 32.8. The van der Waals surface area contributed by atoms with E-state index in [-0.39, 0.29) is 11.8 Å². The Kier molecular flexibility index (Phi) is 4.55. The van der Waals surface area contributed by atoms with E-state index in [1.165, 1.54) is 5.56 Å². The molecule has 4 rings (SSSR count). The Morgan fingerprint density at radius 3 is 2.80 bits per heavy atom. The van der Waals surface area contributed by atoms with Gasteiger partial charge < -0.3 is 9.64 Å². The molecule has 0 radical (unpaired) electrons. The van der Waals surface area contributed by atoms with Crippen LogP contribution in [0.5, 0.6) is 0 Å². The summed E-state index contributed by atoms with van der Waals surface area (Å²) in [6.07, 6.45) is 2.52. The number of hydrogen-bond donors (Lipinski definition) is 0. The summed E-state index contributed by atoms with van der Waals surface area (Å²) in [6, 6.07) is 8.35. The molecule has 0 saturated carbocycles. The minimum Gasteiger partial charge on any atom is -0.353 e. The molecule has 3 fully saturated rings. The van der Waals surface area contributed by atoms with Crippen LogP contribution in [0.25, 0.3) is 0 Å². The highest BCUT2D eigenvalue weighted by Crippen LogP contribution is 2.47. The van der Waals surface area contributed by atoms with E-state index in [0.717, 1.165) is 37.5 Å². The number of carbonyl (C=O) groups excluding carboxylic acids is 1. The van der Waals surface area contributed by atoms with Crippen molar-refractivity contribution in [2.24, 2.45) is 11.8 Å². The number of nitrogens with zero attached hydrogens (tertiary/aromatic N) is 2. The largest absolute Gasteiger partial charge is 0.353 e. The van der Waals surface area contributed by atoms with Crippen molar-refractivity contribution in [2.75, 3.05) is 19.7 Å². The van der Waals surface area contributed by atoms with E-state index in [2.05, 4.69) is 35.8 Å². The molecule has 3 saturated heterocycles. The van der Waals surface area contributed by atoms with Gasteiger partial charge in [-0.1, -0.05) is 37.6 Å². The Morgan fingerprint density at radius 1 is 1.32 bits per heavy atom. The average molecular weight is 363 g/mol. The fourth-order valence-corrected chi connectivity index (χ4v) is 4.97. The van der Waals surface area contributed by atoms with Crippen LogP contribution < -0.4 is 0 Å². The van der Waals surface area contributed by atoms with Gasteiger partial charge in [-0.3, -0.25) is 9.69 Å². The minimum absolute atomic E-state index is 0.234. The maximum atomic E-state index is 12.7. The summed E-state index contributed by atoms with van der Waals surface area (Å²) in [5, 5.41) is 0.780. The summed E-state index contributed by atoms with van der Waals surface area (Å²) >= 11 is 5.99. The first-order valence-corrected chi connectivity index (χ1v) is 9.80. The van der Waals surface area contributed by atoms with Crippen LogP contribution in [0.4, 0.5) is 0 Å². The molecule has 3 aliphatic rings. The first kappa shape index (κ1) is 17.3. The van der Waals surface area contributed by atoms with E-state index in [0.29, 0.717) is 30.8 Å². The Labute approximate surface area is 155 Å². The molecule has 0 aromatic heterocycles. The summed E-state index contributed by atoms with van der Waals surface area (Å²) in [4.78, 5) is 17.3. The average Bonchev–Trinajstić information content (AvgIpc) is 2.99. The molecule has 4 nitrogen and oxygen atoms in total. The molecule has 0 bridgehead atoms. The Morgan fingerprint density at radius 2 is 2.08 bits per heavy atom. The number of likely N-dealkylation sites (tertiary alicyclic amines) is 1. The van der Waals surface area contributed by atoms with E-state index in [4.69, 9.17) is 16.3 Å². The van der Waals surface area contributed by atoms with Crippen molar-refractivity contribution in [1.82, 2.24) is 9.80 Å². The van der Waals surface area contributed by atoms with Crippen LogP contribution in [0.2, 0.25) is 5.02 Å². The fourth-order valence-electron chi connectivity index (χ4n) is 4.84. The number of benzene rings is 1. The minimum atomic E-state index is -0.346. The van der Waals surface area contributed by atoms with Gasteiger partial charge in [0.05, 0.1) is 12.6 Å². The molecule has 0 unspecified atom stereocenters. The molecule has 0 aliphatic carbocycles. The lowest BCUT2D eigenvalue weighted by molar-refractivity contribution is -0.193. The number of piperidine rings is 2. The van der Waals surface area contributed by atoms with Gasteiger partial charge in [0, 0.05) is 43.4 Å². The van der Waals surface area contributed by atoms with Gasteiger partial charge in [-0.05, 0) is 30.0 Å². The standard InChI is InChI=1S/C20H27ClN2O2/c1-14(2)18-13-25-20-9-10-22(11-15-3-6-17(21)7-4-15)12-16(20)5-8-19(24)23(18)20/h3-4,6-7,14,16,18H,5,8-13H2,1-2H3/t16-,18-,20-/m1/s1. The highest BCUT2D eigenvalue weighted by atomic mass is 35.5. The molecule has 25 heavy (non-hydrogen) atoms. The molecule has 1 aromatic rings. The van der Waals surface area contributed by atoms with E-state index >= 15 is 0 Å². The van der Waals surface area contributed by atoms with Gasteiger partial charge in [0.15, 0.2) is 0 Å². The third-order valence-electron chi connectivity index (χ3n) is 6.21. The van der Waals surface area contributed by atoms with Crippen LogP contribution in [0.3, 0.4) is 0 Å². The first-order chi connectivity index (χ1) is 12.0. The summed E-state index contributed by atoms with van der Waals surface area (Å²) in [5.74, 6) is 1.14. The van der Waals surface area contributed by atoms with E-state index in [9.17, 15) is 4.79 Å². The topological polar surface area (TPSA) is 32.8 Å². The third kappa shape index (κ3) is 2.98. The monoisotopic (exact) mass is 362 g/mol. The van der Waals surface area contributed by atoms with Gasteiger partial charge in [0.25, 0.3) is 0 Å². The smallest absolute Gasteiger partial charge is 0.225 e. The highest BCUT2D eigenvalue weighted by Gasteiger charge is 2.58. The molecule has 1 amide bonds. The molecule has 0 N–H and O–H groups in total. The van der Waals surface area contributed by atoms with Gasteiger partial charge in [-0.2, -0.15) is 0 Å². The second-order valence-electron chi connectivity index (χ2n) is 8.08. The zero-order valence-electron chi connectivity index (χ0n) is 15.1. The zero-order chi connectivity index (χ0) is 17.6. The molecular weight excluding hydrogens is 336 g/mol. The fraction of sp³-hybridized carbons (Fsp3) is 0.650. The maximum Gasteiger partial charge on any atom is 0.225 e. The number of amides is 1. The van der Waals surface area contributed by atoms with E-state index in [1.54, 1.807) is 0 Å². The van der Waals surface area contributed by atoms with Gasteiger partial charge in [-0.25, -0.2) is 0 Å². The quantitative estimate of drug-likeness (QED) is 0.824. The van der Waals surface area contributed by atoms with Crippen molar-refractivity contribution < 1.29 is 9.53 Å². The Balaban J connectivity index is 1.50. The number of ether oxygens (including phenoxy) is 1. The van der Waals surface area contributed by atoms with Gasteiger partial charge in [-0.15, -0.1) is 0 Å². The maximum absolute atomic E-state index is 12.7. The molecule has 136 valence electrons. The van der Waals surface area contributed by atoms with Gasteiger partial charge >= 0.3 is 0 Å². The van der Waals surface area contributed by atoms with E-state index < -0.39 is 0 Å². The Hall–Kier alpha value is -1.10. The summed E-state index contributed by atoms with van der Waals surface area (Å²) in [5.41, 5.74) is 0.942. The predicted octanol–water partition coefficient (Wildman–Crippen LogP) is 3.54. The number of hydrogen-bond acceptors (Lipinski definition) is 3. The molecule has 3 atom stereocenters. The van der Waals surface area contributed by atoms with Crippen molar-refractivity contribution in [2.45, 2.75) is 51.4 Å². The molecule has 1 aromatic carbocycles. The van der Waals surface area contributed by atoms with Crippen LogP contribution in [0.15, 0.2) is 24.3 Å². The number of halogens is 1. The SMILES string of the molecule is CC(C)[C@H]1CO[C@]23CCN(Cc4ccc(Cl)cc4)C[C@H]2CCC(=O)N13. The zero-order valence-corrected chi connectivity index (χ0v) is 15.8. The second kappa shape index (κ2) is 6.57. The van der Waals surface area contributed by atoms with Gasteiger partial charge in [0.1, 0.15) is 5.72 Å². The first-order valence-electron chi connectivity index (χ1n) is 9.42. The third-order valence-corrected chi connectivity index (χ3v) is 6.46. The summed E-state index contributed by atoms with van der Waals surface area (Å²) < 4.78 is 6.37. The van der Waals surface area contributed by atoms with Crippen LogP contribution in [-0.4, -0.2) is 47.2 Å². The lowest BCUT2D eigenvalue weighted by Gasteiger charge is -2.53. The van der Waals surface area contributed by atoms with E-state index in [1.807, 2.05) is 12.1 Å². The van der Waals surface area contributed by atoms with Crippen molar-refractivity contribution in [3.8, 4) is 0 Å². The number of rotatable bonds is 3. The molecule has 3 heterocycles. The molecule has 1 spiro atoms. The van der Waals surface area contributed by atoms with Crippen LogP contribution in [0.1, 0.15) is 38.7 Å². The number of carbonyl (C=O) groups is 1.